The van der Waals surface area contributed by atoms with Gasteiger partial charge in [0.25, 0.3) is 11.5 Å². The van der Waals surface area contributed by atoms with Crippen molar-refractivity contribution in [2.24, 2.45) is 5.41 Å². The summed E-state index contributed by atoms with van der Waals surface area (Å²) in [7, 11) is 0. The number of aromatic amines is 1. The van der Waals surface area contributed by atoms with E-state index in [1.165, 1.54) is 17.2 Å². The molecule has 6 heteroatoms. The van der Waals surface area contributed by atoms with E-state index < -0.39 is 11.5 Å². The Labute approximate surface area is 157 Å². The van der Waals surface area contributed by atoms with Crippen LogP contribution < -0.4 is 16.2 Å². The van der Waals surface area contributed by atoms with E-state index in [1.807, 2.05) is 19.9 Å². The molecule has 140 valence electrons. The summed E-state index contributed by atoms with van der Waals surface area (Å²) in [5, 5.41) is 6.08. The van der Waals surface area contributed by atoms with E-state index >= 15 is 0 Å². The van der Waals surface area contributed by atoms with Crippen LogP contribution in [0.4, 0.5) is 0 Å². The molecule has 27 heavy (non-hydrogen) atoms. The second-order valence-electron chi connectivity index (χ2n) is 8.23. The van der Waals surface area contributed by atoms with Gasteiger partial charge in [0, 0.05) is 37.3 Å². The summed E-state index contributed by atoms with van der Waals surface area (Å²) >= 11 is 0. The van der Waals surface area contributed by atoms with Crippen molar-refractivity contribution in [2.45, 2.75) is 46.3 Å². The van der Waals surface area contributed by atoms with E-state index in [0.29, 0.717) is 30.6 Å². The molecule has 1 aliphatic carbocycles. The molecule has 1 aromatic heterocycles. The third-order valence-corrected chi connectivity index (χ3v) is 5.32. The predicted octanol–water partition coefficient (Wildman–Crippen LogP) is 2.06. The Hall–Kier alpha value is -2.73. The zero-order valence-corrected chi connectivity index (χ0v) is 15.6. The minimum atomic E-state index is -0.463. The minimum Gasteiger partial charge on any atom is -0.348 e. The van der Waals surface area contributed by atoms with Gasteiger partial charge in [-0.05, 0) is 34.6 Å². The minimum absolute atomic E-state index is 0.00960. The van der Waals surface area contributed by atoms with Crippen LogP contribution in [-0.2, 0) is 26.1 Å². The lowest BCUT2D eigenvalue weighted by Gasteiger charge is -2.29. The molecule has 1 amide bonds. The number of H-pyrrole nitrogens is 1. The van der Waals surface area contributed by atoms with Gasteiger partial charge in [0.05, 0.1) is 0 Å². The molecule has 6 nitrogen and oxygen atoms in total. The summed E-state index contributed by atoms with van der Waals surface area (Å²) in [6.07, 6.45) is 1.03. The zero-order chi connectivity index (χ0) is 19.2. The Morgan fingerprint density at radius 3 is 2.70 bits per heavy atom. The number of hydrogen-bond donors (Lipinski definition) is 3. The molecule has 0 fully saturated rings. The van der Waals surface area contributed by atoms with Crippen LogP contribution in [0.5, 0.6) is 0 Å². The Kier molecular flexibility index (Phi) is 4.23. The van der Waals surface area contributed by atoms with Crippen molar-refractivity contribution >= 4 is 11.7 Å². The number of carbonyl (C=O) groups is 2. The third kappa shape index (κ3) is 3.45. The summed E-state index contributed by atoms with van der Waals surface area (Å²) in [5.74, 6) is -0.493. The summed E-state index contributed by atoms with van der Waals surface area (Å²) in [6, 6.07) is 7.56. The first-order valence-corrected chi connectivity index (χ1v) is 9.21. The van der Waals surface area contributed by atoms with E-state index in [4.69, 9.17) is 0 Å². The number of fused-ring (bicyclic) bond motifs is 2. The van der Waals surface area contributed by atoms with Crippen LogP contribution in [0.3, 0.4) is 0 Å². The summed E-state index contributed by atoms with van der Waals surface area (Å²) in [5.41, 5.74) is 3.95. The third-order valence-electron chi connectivity index (χ3n) is 5.32. The molecule has 0 bridgehead atoms. The molecule has 2 aliphatic rings. The fourth-order valence-electron chi connectivity index (χ4n) is 3.93. The largest absolute Gasteiger partial charge is 0.348 e. The molecule has 3 N–H and O–H groups in total. The quantitative estimate of drug-likeness (QED) is 0.776. The standard InChI is InChI=1S/C21H23N3O3/c1-21(2)7-17-15(18(25)8-21)6-16(20(27)24-17)19(26)23-9-12-3-4-13-10-22-11-14(13)5-12/h3-6,22H,7-11H2,1-2H3,(H,23,26)(H,24,27). The second kappa shape index (κ2) is 6.46. The second-order valence-corrected chi connectivity index (χ2v) is 8.23. The van der Waals surface area contributed by atoms with Gasteiger partial charge in [-0.3, -0.25) is 14.4 Å². The highest BCUT2D eigenvalue weighted by molar-refractivity contribution is 6.02. The lowest BCUT2D eigenvalue weighted by molar-refractivity contribution is 0.0910. The van der Waals surface area contributed by atoms with Crippen LogP contribution in [0.2, 0.25) is 0 Å². The average molecular weight is 365 g/mol. The van der Waals surface area contributed by atoms with Crippen LogP contribution in [-0.4, -0.2) is 16.7 Å². The average Bonchev–Trinajstić information content (AvgIpc) is 3.05. The molecule has 0 unspecified atom stereocenters. The zero-order valence-electron chi connectivity index (χ0n) is 15.6. The van der Waals surface area contributed by atoms with Gasteiger partial charge in [0.15, 0.2) is 5.78 Å². The monoisotopic (exact) mass is 365 g/mol. The Morgan fingerprint density at radius 1 is 1.11 bits per heavy atom. The van der Waals surface area contributed by atoms with Crippen LogP contribution in [0.15, 0.2) is 29.1 Å². The fraction of sp³-hybridized carbons (Fsp3) is 0.381. The van der Waals surface area contributed by atoms with Crippen molar-refractivity contribution in [3.8, 4) is 0 Å². The lowest BCUT2D eigenvalue weighted by atomic mass is 9.75. The van der Waals surface area contributed by atoms with Crippen molar-refractivity contribution in [1.82, 2.24) is 15.6 Å². The molecule has 2 heterocycles. The number of Topliss-reactive ketones (excluding diaryl/α,β-unsaturated/α-hetero) is 1. The maximum absolute atomic E-state index is 12.5. The smallest absolute Gasteiger partial charge is 0.261 e. The fourth-order valence-corrected chi connectivity index (χ4v) is 3.93. The first kappa shape index (κ1) is 17.7. The number of benzene rings is 1. The number of rotatable bonds is 3. The van der Waals surface area contributed by atoms with E-state index in [2.05, 4.69) is 27.8 Å². The highest BCUT2D eigenvalue weighted by Gasteiger charge is 2.32. The number of nitrogens with one attached hydrogen (secondary N) is 3. The van der Waals surface area contributed by atoms with E-state index in [-0.39, 0.29) is 16.8 Å². The predicted molar refractivity (Wildman–Crippen MR) is 102 cm³/mol. The van der Waals surface area contributed by atoms with Crippen molar-refractivity contribution < 1.29 is 9.59 Å². The Morgan fingerprint density at radius 2 is 1.89 bits per heavy atom. The highest BCUT2D eigenvalue weighted by Crippen LogP contribution is 2.33. The summed E-state index contributed by atoms with van der Waals surface area (Å²) < 4.78 is 0. The number of hydrogen-bond acceptors (Lipinski definition) is 4. The van der Waals surface area contributed by atoms with Gasteiger partial charge < -0.3 is 15.6 Å². The van der Waals surface area contributed by atoms with Gasteiger partial charge in [-0.15, -0.1) is 0 Å². The van der Waals surface area contributed by atoms with Crippen LogP contribution in [0.25, 0.3) is 0 Å². The molecule has 0 saturated carbocycles. The molecular weight excluding hydrogens is 342 g/mol. The SMILES string of the molecule is CC1(C)CC(=O)c2cc(C(=O)NCc3ccc4c(c3)CNC4)c(=O)[nH]c2C1. The number of aromatic nitrogens is 1. The normalized spacial score (nSPS) is 17.3. The number of ketones is 1. The molecule has 0 spiro atoms. The van der Waals surface area contributed by atoms with E-state index in [9.17, 15) is 14.4 Å². The van der Waals surface area contributed by atoms with Crippen LogP contribution in [0, 0.1) is 5.41 Å². The Bertz CT molecular complexity index is 1000. The topological polar surface area (TPSA) is 91.1 Å². The van der Waals surface area contributed by atoms with Gasteiger partial charge in [0.2, 0.25) is 0 Å². The van der Waals surface area contributed by atoms with Crippen molar-refractivity contribution in [3.63, 3.8) is 0 Å². The van der Waals surface area contributed by atoms with Crippen LogP contribution >= 0.6 is 0 Å². The van der Waals surface area contributed by atoms with Gasteiger partial charge in [0.1, 0.15) is 5.56 Å². The lowest BCUT2D eigenvalue weighted by Crippen LogP contribution is -2.34. The van der Waals surface area contributed by atoms with E-state index in [1.54, 1.807) is 0 Å². The summed E-state index contributed by atoms with van der Waals surface area (Å²) in [6.45, 7) is 6.04. The number of pyridine rings is 1. The van der Waals surface area contributed by atoms with E-state index in [0.717, 1.165) is 18.7 Å². The molecule has 2 aromatic rings. The molecule has 4 rings (SSSR count). The molecule has 1 aliphatic heterocycles. The van der Waals surface area contributed by atoms with Crippen molar-refractivity contribution in [1.29, 1.82) is 0 Å². The molecule has 0 saturated heterocycles. The number of amides is 1. The van der Waals surface area contributed by atoms with Gasteiger partial charge >= 0.3 is 0 Å². The van der Waals surface area contributed by atoms with Crippen molar-refractivity contribution in [3.05, 3.63) is 68.1 Å². The van der Waals surface area contributed by atoms with Gasteiger partial charge in [-0.25, -0.2) is 0 Å². The van der Waals surface area contributed by atoms with Crippen LogP contribution in [0.1, 0.15) is 63.4 Å². The first-order valence-electron chi connectivity index (χ1n) is 9.21. The van der Waals surface area contributed by atoms with Crippen molar-refractivity contribution in [2.75, 3.05) is 0 Å². The molecule has 0 radical (unpaired) electrons. The Balaban J connectivity index is 1.53. The highest BCUT2D eigenvalue weighted by atomic mass is 16.2. The molecule has 0 atom stereocenters. The van der Waals surface area contributed by atoms with Gasteiger partial charge in [-0.1, -0.05) is 32.0 Å². The molecule has 1 aromatic carbocycles. The maximum atomic E-state index is 12.5. The first-order chi connectivity index (χ1) is 12.8. The maximum Gasteiger partial charge on any atom is 0.261 e. The molecular formula is C21H23N3O3. The summed E-state index contributed by atoms with van der Waals surface area (Å²) in [4.78, 5) is 40.1. The van der Waals surface area contributed by atoms with Gasteiger partial charge in [-0.2, -0.15) is 0 Å². The number of carbonyl (C=O) groups excluding carboxylic acids is 2.